The molecule has 1 atom stereocenters. The molecule has 6 heteroatoms. The molecule has 2 heterocycles. The van der Waals surface area contributed by atoms with Gasteiger partial charge in [-0.25, -0.2) is 0 Å². The van der Waals surface area contributed by atoms with Crippen molar-refractivity contribution in [2.24, 2.45) is 0 Å². The summed E-state index contributed by atoms with van der Waals surface area (Å²) in [6.07, 6.45) is 3.48. The average Bonchev–Trinajstić information content (AvgIpc) is 2.68. The van der Waals surface area contributed by atoms with Crippen LogP contribution in [0.3, 0.4) is 0 Å². The third kappa shape index (κ3) is 5.62. The predicted octanol–water partition coefficient (Wildman–Crippen LogP) is 1.43. The summed E-state index contributed by atoms with van der Waals surface area (Å²) in [5.74, 6) is -0.0719. The van der Waals surface area contributed by atoms with Crippen LogP contribution < -0.4 is 10.6 Å². The Kier molecular flexibility index (Phi) is 6.71. The predicted molar refractivity (Wildman–Crippen MR) is 101 cm³/mol. The maximum Gasteiger partial charge on any atom is 0.251 e. The molecule has 1 aromatic heterocycles. The van der Waals surface area contributed by atoms with E-state index in [9.17, 15) is 4.79 Å². The minimum Gasteiger partial charge on any atom is -0.378 e. The molecule has 1 aliphatic rings. The minimum absolute atomic E-state index is 0.0719. The van der Waals surface area contributed by atoms with Crippen LogP contribution >= 0.6 is 0 Å². The Morgan fingerprint density at radius 1 is 1.31 bits per heavy atom. The first kappa shape index (κ1) is 18.5. The lowest BCUT2D eigenvalue weighted by atomic mass is 10.1. The van der Waals surface area contributed by atoms with E-state index >= 15 is 0 Å². The molecular formula is C20H26N4O2. The molecule has 2 aromatic rings. The third-order valence-electron chi connectivity index (χ3n) is 4.37. The number of ether oxygens (including phenoxy) is 1. The molecule has 0 aliphatic carbocycles. The number of nitrogens with one attached hydrogen (secondary N) is 2. The van der Waals surface area contributed by atoms with E-state index in [1.165, 1.54) is 5.56 Å². The van der Waals surface area contributed by atoms with Crippen molar-refractivity contribution in [3.63, 3.8) is 0 Å². The zero-order chi connectivity index (χ0) is 18.2. The number of carbonyl (C=O) groups excluding carboxylic acids is 1. The Labute approximate surface area is 154 Å². The zero-order valence-electron chi connectivity index (χ0n) is 15.1. The number of carbonyl (C=O) groups is 1. The van der Waals surface area contributed by atoms with Crippen LogP contribution in [0.25, 0.3) is 0 Å². The fourth-order valence-corrected chi connectivity index (χ4v) is 3.04. The van der Waals surface area contributed by atoms with Gasteiger partial charge in [0, 0.05) is 50.2 Å². The number of hydrogen-bond acceptors (Lipinski definition) is 5. The Bertz CT molecular complexity index is 685. The number of nitrogens with zero attached hydrogens (tertiary/aromatic N) is 2. The number of rotatable bonds is 7. The van der Waals surface area contributed by atoms with Gasteiger partial charge in [0.1, 0.15) is 0 Å². The SMILES string of the molecule is CN(Cc1ccc(C(=O)NCc2cccnc2)cc1)CC1COCCN1. The fraction of sp³-hybridized carbons (Fsp3) is 0.400. The van der Waals surface area contributed by atoms with Crippen LogP contribution in [0.15, 0.2) is 48.8 Å². The van der Waals surface area contributed by atoms with E-state index < -0.39 is 0 Å². The van der Waals surface area contributed by atoms with Gasteiger partial charge in [0.25, 0.3) is 5.91 Å². The second kappa shape index (κ2) is 9.43. The molecule has 26 heavy (non-hydrogen) atoms. The highest BCUT2D eigenvalue weighted by Gasteiger charge is 2.15. The van der Waals surface area contributed by atoms with Gasteiger partial charge in [0.05, 0.1) is 13.2 Å². The van der Waals surface area contributed by atoms with Crippen LogP contribution in [0.1, 0.15) is 21.5 Å². The van der Waals surface area contributed by atoms with Gasteiger partial charge in [-0.2, -0.15) is 0 Å². The number of amides is 1. The van der Waals surface area contributed by atoms with Crippen molar-refractivity contribution in [3.05, 3.63) is 65.5 Å². The smallest absolute Gasteiger partial charge is 0.251 e. The molecule has 1 aliphatic heterocycles. The van der Waals surface area contributed by atoms with Crippen molar-refractivity contribution in [1.82, 2.24) is 20.5 Å². The first-order valence-electron chi connectivity index (χ1n) is 8.96. The summed E-state index contributed by atoms with van der Waals surface area (Å²) in [7, 11) is 2.10. The molecule has 1 aromatic carbocycles. The molecule has 1 saturated heterocycles. The lowest BCUT2D eigenvalue weighted by Gasteiger charge is -2.28. The maximum absolute atomic E-state index is 12.3. The molecule has 0 bridgehead atoms. The van der Waals surface area contributed by atoms with Crippen LogP contribution in [0, 0.1) is 0 Å². The van der Waals surface area contributed by atoms with E-state index in [0.717, 1.165) is 38.4 Å². The van der Waals surface area contributed by atoms with Crippen LogP contribution in [-0.4, -0.2) is 55.2 Å². The maximum atomic E-state index is 12.3. The van der Waals surface area contributed by atoms with Crippen molar-refractivity contribution in [2.75, 3.05) is 33.4 Å². The van der Waals surface area contributed by atoms with Crippen molar-refractivity contribution in [3.8, 4) is 0 Å². The van der Waals surface area contributed by atoms with Gasteiger partial charge in [-0.1, -0.05) is 18.2 Å². The summed E-state index contributed by atoms with van der Waals surface area (Å²) in [6.45, 7) is 4.74. The number of pyridine rings is 1. The normalized spacial score (nSPS) is 17.2. The highest BCUT2D eigenvalue weighted by atomic mass is 16.5. The summed E-state index contributed by atoms with van der Waals surface area (Å²) < 4.78 is 5.49. The van der Waals surface area contributed by atoms with Crippen molar-refractivity contribution in [1.29, 1.82) is 0 Å². The van der Waals surface area contributed by atoms with Crippen LogP contribution in [0.5, 0.6) is 0 Å². The molecule has 0 spiro atoms. The van der Waals surface area contributed by atoms with E-state index in [2.05, 4.69) is 27.6 Å². The molecule has 0 saturated carbocycles. The van der Waals surface area contributed by atoms with Crippen LogP contribution in [0.2, 0.25) is 0 Å². The highest BCUT2D eigenvalue weighted by Crippen LogP contribution is 2.08. The lowest BCUT2D eigenvalue weighted by molar-refractivity contribution is 0.0645. The van der Waals surface area contributed by atoms with E-state index in [-0.39, 0.29) is 5.91 Å². The minimum atomic E-state index is -0.0719. The summed E-state index contributed by atoms with van der Waals surface area (Å²) in [4.78, 5) is 18.6. The van der Waals surface area contributed by atoms with E-state index in [0.29, 0.717) is 18.2 Å². The Hall–Kier alpha value is -2.28. The number of benzene rings is 1. The second-order valence-electron chi connectivity index (χ2n) is 6.66. The third-order valence-corrected chi connectivity index (χ3v) is 4.37. The number of morpholine rings is 1. The van der Waals surface area contributed by atoms with Gasteiger partial charge in [-0.3, -0.25) is 9.78 Å². The number of hydrogen-bond donors (Lipinski definition) is 2. The molecule has 1 fully saturated rings. The molecular weight excluding hydrogens is 328 g/mol. The van der Waals surface area contributed by atoms with Crippen molar-refractivity contribution < 1.29 is 9.53 Å². The zero-order valence-corrected chi connectivity index (χ0v) is 15.1. The number of aromatic nitrogens is 1. The van der Waals surface area contributed by atoms with Gasteiger partial charge in [0.2, 0.25) is 0 Å². The monoisotopic (exact) mass is 354 g/mol. The second-order valence-corrected chi connectivity index (χ2v) is 6.66. The standard InChI is InChI=1S/C20H26N4O2/c1-24(14-19-15-26-10-9-22-19)13-16-4-6-18(7-5-16)20(25)23-12-17-3-2-8-21-11-17/h2-8,11,19,22H,9-10,12-15H2,1H3,(H,23,25). The quantitative estimate of drug-likeness (QED) is 0.787. The average molecular weight is 354 g/mol. The fourth-order valence-electron chi connectivity index (χ4n) is 3.04. The van der Waals surface area contributed by atoms with E-state index in [1.54, 1.807) is 12.4 Å². The molecule has 0 radical (unpaired) electrons. The topological polar surface area (TPSA) is 66.5 Å². The Morgan fingerprint density at radius 2 is 2.15 bits per heavy atom. The molecule has 138 valence electrons. The van der Waals surface area contributed by atoms with Gasteiger partial charge < -0.3 is 20.3 Å². The first-order chi connectivity index (χ1) is 12.7. The Balaban J connectivity index is 1.47. The van der Waals surface area contributed by atoms with Gasteiger partial charge in [-0.15, -0.1) is 0 Å². The van der Waals surface area contributed by atoms with Crippen LogP contribution in [-0.2, 0) is 17.8 Å². The van der Waals surface area contributed by atoms with Crippen molar-refractivity contribution in [2.45, 2.75) is 19.1 Å². The Morgan fingerprint density at radius 3 is 2.85 bits per heavy atom. The first-order valence-corrected chi connectivity index (χ1v) is 8.96. The molecule has 2 N–H and O–H groups in total. The summed E-state index contributed by atoms with van der Waals surface area (Å²) in [6, 6.07) is 12.0. The summed E-state index contributed by atoms with van der Waals surface area (Å²) in [5.41, 5.74) is 2.84. The summed E-state index contributed by atoms with van der Waals surface area (Å²) in [5, 5.41) is 6.38. The number of likely N-dealkylation sites (N-methyl/N-ethyl adjacent to an activating group) is 1. The van der Waals surface area contributed by atoms with Crippen LogP contribution in [0.4, 0.5) is 0 Å². The lowest BCUT2D eigenvalue weighted by Crippen LogP contribution is -2.47. The summed E-state index contributed by atoms with van der Waals surface area (Å²) >= 11 is 0. The molecule has 6 nitrogen and oxygen atoms in total. The van der Waals surface area contributed by atoms with Gasteiger partial charge >= 0.3 is 0 Å². The largest absolute Gasteiger partial charge is 0.378 e. The van der Waals surface area contributed by atoms with E-state index in [1.807, 2.05) is 36.4 Å². The van der Waals surface area contributed by atoms with Gasteiger partial charge in [0.15, 0.2) is 0 Å². The van der Waals surface area contributed by atoms with Crippen molar-refractivity contribution >= 4 is 5.91 Å². The molecule has 1 unspecified atom stereocenters. The van der Waals surface area contributed by atoms with Gasteiger partial charge in [-0.05, 0) is 36.4 Å². The molecule has 1 amide bonds. The highest BCUT2D eigenvalue weighted by molar-refractivity contribution is 5.94. The molecule has 3 rings (SSSR count). The van der Waals surface area contributed by atoms with E-state index in [4.69, 9.17) is 4.74 Å².